The van der Waals surface area contributed by atoms with Crippen LogP contribution in [-0.4, -0.2) is 23.5 Å². The number of nitrogens with one attached hydrogen (secondary N) is 3. The predicted molar refractivity (Wildman–Crippen MR) is 86.4 cm³/mol. The molecule has 0 spiro atoms. The molecule has 3 N–H and O–H groups in total. The number of halogens is 2. The first-order valence-corrected chi connectivity index (χ1v) is 7.00. The highest BCUT2D eigenvalue weighted by Gasteiger charge is 2.08. The van der Waals surface area contributed by atoms with Crippen LogP contribution in [-0.2, 0) is 4.79 Å². The van der Waals surface area contributed by atoms with Crippen LogP contribution in [0.3, 0.4) is 0 Å². The molecule has 0 fully saturated rings. The summed E-state index contributed by atoms with van der Waals surface area (Å²) < 4.78 is 0. The summed E-state index contributed by atoms with van der Waals surface area (Å²) in [5.41, 5.74) is 0.960. The van der Waals surface area contributed by atoms with Gasteiger partial charge < -0.3 is 16.0 Å². The van der Waals surface area contributed by atoms with Crippen molar-refractivity contribution >= 4 is 46.5 Å². The lowest BCUT2D eigenvalue weighted by molar-refractivity contribution is -0.115. The van der Waals surface area contributed by atoms with E-state index in [0.29, 0.717) is 21.4 Å². The second-order valence-corrected chi connectivity index (χ2v) is 5.06. The molecular formula is C14H12Cl2N4O2. The number of pyridine rings is 1. The third-order valence-corrected chi connectivity index (χ3v) is 3.11. The summed E-state index contributed by atoms with van der Waals surface area (Å²) in [5, 5.41) is 8.36. The molecule has 0 radical (unpaired) electrons. The van der Waals surface area contributed by atoms with Crippen LogP contribution in [0.1, 0.15) is 0 Å². The van der Waals surface area contributed by atoms with Gasteiger partial charge in [0.15, 0.2) is 0 Å². The Morgan fingerprint density at radius 2 is 1.77 bits per heavy atom. The molecule has 1 aromatic heterocycles. The maximum atomic E-state index is 11.8. The van der Waals surface area contributed by atoms with E-state index in [9.17, 15) is 9.59 Å². The van der Waals surface area contributed by atoms with Gasteiger partial charge in [-0.2, -0.15) is 0 Å². The monoisotopic (exact) mass is 338 g/mol. The summed E-state index contributed by atoms with van der Waals surface area (Å²) in [6, 6.07) is 7.47. The van der Waals surface area contributed by atoms with Crippen molar-refractivity contribution in [2.45, 2.75) is 0 Å². The topological polar surface area (TPSA) is 83.1 Å². The van der Waals surface area contributed by atoms with Gasteiger partial charge in [-0.05, 0) is 30.3 Å². The molecule has 22 heavy (non-hydrogen) atoms. The molecule has 0 saturated carbocycles. The van der Waals surface area contributed by atoms with Crippen LogP contribution < -0.4 is 16.0 Å². The highest BCUT2D eigenvalue weighted by Crippen LogP contribution is 2.25. The maximum absolute atomic E-state index is 11.8. The van der Waals surface area contributed by atoms with E-state index in [1.807, 2.05) is 0 Å². The minimum atomic E-state index is -0.501. The van der Waals surface area contributed by atoms with Gasteiger partial charge in [0.1, 0.15) is 0 Å². The van der Waals surface area contributed by atoms with Gasteiger partial charge in [0.25, 0.3) is 0 Å². The zero-order chi connectivity index (χ0) is 15.9. The summed E-state index contributed by atoms with van der Waals surface area (Å²) in [4.78, 5) is 27.2. The van der Waals surface area contributed by atoms with Crippen LogP contribution in [0.2, 0.25) is 10.0 Å². The first kappa shape index (κ1) is 16.1. The molecular weight excluding hydrogens is 327 g/mol. The molecule has 1 heterocycles. The quantitative estimate of drug-likeness (QED) is 0.800. The van der Waals surface area contributed by atoms with Crippen LogP contribution in [0.25, 0.3) is 0 Å². The van der Waals surface area contributed by atoms with Gasteiger partial charge in [-0.25, -0.2) is 4.79 Å². The lowest BCUT2D eigenvalue weighted by atomic mass is 10.3. The molecule has 114 valence electrons. The lowest BCUT2D eigenvalue weighted by Crippen LogP contribution is -2.35. The van der Waals surface area contributed by atoms with Crippen LogP contribution in [0, 0.1) is 0 Å². The first-order valence-electron chi connectivity index (χ1n) is 6.24. The van der Waals surface area contributed by atoms with Gasteiger partial charge in [-0.1, -0.05) is 23.2 Å². The van der Waals surface area contributed by atoms with Crippen molar-refractivity contribution < 1.29 is 9.59 Å². The van der Waals surface area contributed by atoms with Crippen molar-refractivity contribution in [1.29, 1.82) is 0 Å². The van der Waals surface area contributed by atoms with Gasteiger partial charge in [0.05, 0.1) is 17.3 Å². The minimum absolute atomic E-state index is 0.209. The smallest absolute Gasteiger partial charge is 0.319 e. The number of carbonyl (C=O) groups is 2. The molecule has 0 unspecified atom stereocenters. The van der Waals surface area contributed by atoms with Gasteiger partial charge in [0.2, 0.25) is 5.91 Å². The summed E-state index contributed by atoms with van der Waals surface area (Å²) in [7, 11) is 0. The fourth-order valence-corrected chi connectivity index (χ4v) is 1.90. The Balaban J connectivity index is 1.82. The van der Waals surface area contributed by atoms with Crippen molar-refractivity contribution in [2.75, 3.05) is 17.2 Å². The van der Waals surface area contributed by atoms with Crippen molar-refractivity contribution in [3.05, 3.63) is 52.8 Å². The number of urea groups is 1. The van der Waals surface area contributed by atoms with Crippen molar-refractivity contribution in [1.82, 2.24) is 10.3 Å². The Hall–Kier alpha value is -2.31. The molecule has 8 heteroatoms. The van der Waals surface area contributed by atoms with Gasteiger partial charge in [-0.15, -0.1) is 0 Å². The van der Waals surface area contributed by atoms with Crippen molar-refractivity contribution in [3.63, 3.8) is 0 Å². The number of amides is 3. The number of hydrogen-bond acceptors (Lipinski definition) is 3. The van der Waals surface area contributed by atoms with E-state index in [2.05, 4.69) is 20.9 Å². The predicted octanol–water partition coefficient (Wildman–Crippen LogP) is 3.15. The largest absolute Gasteiger partial charge is 0.329 e. The van der Waals surface area contributed by atoms with E-state index in [0.717, 1.165) is 0 Å². The van der Waals surface area contributed by atoms with E-state index < -0.39 is 11.9 Å². The fraction of sp³-hybridized carbons (Fsp3) is 0.0714. The summed E-state index contributed by atoms with van der Waals surface area (Å²) >= 11 is 11.8. The van der Waals surface area contributed by atoms with Crippen LogP contribution in [0.5, 0.6) is 0 Å². The normalized spacial score (nSPS) is 9.91. The molecule has 2 aromatic rings. The van der Waals surface area contributed by atoms with Gasteiger partial charge in [-0.3, -0.25) is 9.78 Å². The van der Waals surface area contributed by atoms with Crippen LogP contribution in [0.4, 0.5) is 16.2 Å². The van der Waals surface area contributed by atoms with Crippen molar-refractivity contribution in [3.8, 4) is 0 Å². The second kappa shape index (κ2) is 7.63. The zero-order valence-corrected chi connectivity index (χ0v) is 12.8. The van der Waals surface area contributed by atoms with E-state index in [4.69, 9.17) is 23.2 Å². The molecule has 1 aromatic carbocycles. The highest BCUT2D eigenvalue weighted by molar-refractivity contribution is 6.35. The molecule has 0 aliphatic rings. The lowest BCUT2D eigenvalue weighted by Gasteiger charge is -2.09. The zero-order valence-electron chi connectivity index (χ0n) is 11.3. The maximum Gasteiger partial charge on any atom is 0.319 e. The molecule has 0 atom stereocenters. The summed E-state index contributed by atoms with van der Waals surface area (Å²) in [6.45, 7) is -0.209. The Labute approximate surface area is 136 Å². The Morgan fingerprint density at radius 3 is 2.50 bits per heavy atom. The molecule has 3 amide bonds. The number of nitrogens with zero attached hydrogens (tertiary/aromatic N) is 1. The van der Waals surface area contributed by atoms with Crippen LogP contribution in [0.15, 0.2) is 42.7 Å². The Morgan fingerprint density at radius 1 is 1.05 bits per heavy atom. The molecule has 0 saturated heterocycles. The van der Waals surface area contributed by atoms with Crippen molar-refractivity contribution in [2.24, 2.45) is 0 Å². The first-order chi connectivity index (χ1) is 10.5. The fourth-order valence-electron chi connectivity index (χ4n) is 1.56. The Bertz CT molecular complexity index is 680. The molecule has 0 aliphatic carbocycles. The Kier molecular flexibility index (Phi) is 5.57. The SMILES string of the molecule is O=C(CNC(=O)Nc1ccncc1)Nc1cc(Cl)ccc1Cl. The minimum Gasteiger partial charge on any atom is -0.329 e. The molecule has 0 bridgehead atoms. The third kappa shape index (κ3) is 4.91. The average Bonchev–Trinajstić information content (AvgIpc) is 2.50. The number of hydrogen-bond donors (Lipinski definition) is 3. The number of anilines is 2. The van der Waals surface area contributed by atoms with Gasteiger partial charge in [0, 0.05) is 23.1 Å². The van der Waals surface area contributed by atoms with E-state index in [1.165, 1.54) is 6.07 Å². The summed E-state index contributed by atoms with van der Waals surface area (Å²) in [5.74, 6) is -0.422. The molecule has 0 aliphatic heterocycles. The highest BCUT2D eigenvalue weighted by atomic mass is 35.5. The van der Waals surface area contributed by atoms with E-state index in [1.54, 1.807) is 36.7 Å². The standard InChI is InChI=1S/C14H12Cl2N4O2/c15-9-1-2-11(16)12(7-9)20-13(21)8-18-14(22)19-10-3-5-17-6-4-10/h1-7H,8H2,(H,20,21)(H2,17,18,19,22). The van der Waals surface area contributed by atoms with E-state index >= 15 is 0 Å². The summed E-state index contributed by atoms with van der Waals surface area (Å²) in [6.07, 6.45) is 3.09. The molecule has 6 nitrogen and oxygen atoms in total. The van der Waals surface area contributed by atoms with Crippen LogP contribution >= 0.6 is 23.2 Å². The van der Waals surface area contributed by atoms with E-state index in [-0.39, 0.29) is 6.54 Å². The number of carbonyl (C=O) groups excluding carboxylic acids is 2. The number of rotatable bonds is 4. The number of aromatic nitrogens is 1. The average molecular weight is 339 g/mol. The second-order valence-electron chi connectivity index (χ2n) is 4.22. The number of benzene rings is 1. The third-order valence-electron chi connectivity index (χ3n) is 2.55. The van der Waals surface area contributed by atoms with Gasteiger partial charge >= 0.3 is 6.03 Å². The molecule has 2 rings (SSSR count).